The average molecular weight is 254 g/mol. The van der Waals surface area contributed by atoms with E-state index in [1.807, 2.05) is 19.1 Å². The van der Waals surface area contributed by atoms with Gasteiger partial charge in [-0.25, -0.2) is 9.97 Å². The smallest absolute Gasteiger partial charge is 0.125 e. The summed E-state index contributed by atoms with van der Waals surface area (Å²) in [6, 6.07) is 5.51. The van der Waals surface area contributed by atoms with E-state index in [-0.39, 0.29) is 0 Å². The number of hydrogen-bond acceptors (Lipinski definition) is 4. The van der Waals surface area contributed by atoms with Crippen LogP contribution in [0.5, 0.6) is 11.5 Å². The van der Waals surface area contributed by atoms with Crippen molar-refractivity contribution >= 4 is 0 Å². The Morgan fingerprint density at radius 1 is 0.842 bits per heavy atom. The molecule has 2 rings (SSSR count). The van der Waals surface area contributed by atoms with Gasteiger partial charge in [0.25, 0.3) is 0 Å². The van der Waals surface area contributed by atoms with Crippen LogP contribution in [0.4, 0.5) is 0 Å². The molecule has 0 aliphatic carbocycles. The van der Waals surface area contributed by atoms with E-state index < -0.39 is 0 Å². The molecule has 0 radical (unpaired) electrons. The summed E-state index contributed by atoms with van der Waals surface area (Å²) in [5.74, 6) is 8.20. The Morgan fingerprint density at radius 3 is 1.89 bits per heavy atom. The van der Waals surface area contributed by atoms with Gasteiger partial charge >= 0.3 is 0 Å². The first-order valence-electron chi connectivity index (χ1n) is 5.75. The van der Waals surface area contributed by atoms with Crippen molar-refractivity contribution in [3.05, 3.63) is 47.5 Å². The highest BCUT2D eigenvalue weighted by Gasteiger charge is 1.99. The highest BCUT2D eigenvalue weighted by molar-refractivity contribution is 5.48. The van der Waals surface area contributed by atoms with E-state index >= 15 is 0 Å². The average Bonchev–Trinajstić information content (AvgIpc) is 2.46. The van der Waals surface area contributed by atoms with Crippen molar-refractivity contribution in [3.63, 3.8) is 0 Å². The maximum Gasteiger partial charge on any atom is 0.125 e. The Balaban J connectivity index is 2.30. The van der Waals surface area contributed by atoms with Gasteiger partial charge in [0.15, 0.2) is 0 Å². The highest BCUT2D eigenvalue weighted by Crippen LogP contribution is 2.21. The van der Waals surface area contributed by atoms with Gasteiger partial charge in [-0.1, -0.05) is 11.8 Å². The van der Waals surface area contributed by atoms with Crippen molar-refractivity contribution in [2.45, 2.75) is 6.92 Å². The lowest BCUT2D eigenvalue weighted by Gasteiger charge is -2.04. The second-order valence-corrected chi connectivity index (χ2v) is 3.87. The van der Waals surface area contributed by atoms with Gasteiger partial charge in [-0.3, -0.25) is 0 Å². The van der Waals surface area contributed by atoms with Crippen LogP contribution in [0, 0.1) is 18.8 Å². The fourth-order valence-corrected chi connectivity index (χ4v) is 1.48. The molecule has 19 heavy (non-hydrogen) atoms. The number of benzene rings is 1. The van der Waals surface area contributed by atoms with E-state index in [0.717, 1.165) is 17.0 Å². The Labute approximate surface area is 112 Å². The molecule has 1 aromatic carbocycles. The number of hydrogen-bond donors (Lipinski definition) is 0. The molecule has 0 unspecified atom stereocenters. The molecule has 0 fully saturated rings. The van der Waals surface area contributed by atoms with Gasteiger partial charge in [-0.05, 0) is 19.1 Å². The molecule has 0 aliphatic heterocycles. The van der Waals surface area contributed by atoms with Crippen molar-refractivity contribution in [1.82, 2.24) is 9.97 Å². The monoisotopic (exact) mass is 254 g/mol. The number of methoxy groups -OCH3 is 2. The summed E-state index contributed by atoms with van der Waals surface area (Å²) in [7, 11) is 3.22. The molecule has 0 amide bonds. The minimum absolute atomic E-state index is 0.712. The predicted molar refractivity (Wildman–Crippen MR) is 72.3 cm³/mol. The topological polar surface area (TPSA) is 44.2 Å². The van der Waals surface area contributed by atoms with E-state index in [4.69, 9.17) is 9.47 Å². The van der Waals surface area contributed by atoms with E-state index in [2.05, 4.69) is 21.8 Å². The summed E-state index contributed by atoms with van der Waals surface area (Å²) in [6.07, 6.45) is 3.40. The molecule has 0 aliphatic rings. The van der Waals surface area contributed by atoms with Gasteiger partial charge < -0.3 is 9.47 Å². The Morgan fingerprint density at radius 2 is 1.37 bits per heavy atom. The molecule has 0 saturated heterocycles. The summed E-state index contributed by atoms with van der Waals surface area (Å²) in [5.41, 5.74) is 1.59. The van der Waals surface area contributed by atoms with Crippen molar-refractivity contribution in [2.24, 2.45) is 0 Å². The minimum Gasteiger partial charge on any atom is -0.497 e. The molecule has 0 atom stereocenters. The molecular formula is C15H14N2O2. The van der Waals surface area contributed by atoms with Crippen LogP contribution >= 0.6 is 0 Å². The molecule has 4 nitrogen and oxygen atoms in total. The molecule has 96 valence electrons. The van der Waals surface area contributed by atoms with E-state index in [1.54, 1.807) is 32.7 Å². The summed E-state index contributed by atoms with van der Waals surface area (Å²) < 4.78 is 10.4. The standard InChI is InChI=1S/C15H14N2O2/c1-11-16-9-13(10-17-11)5-4-12-6-14(18-2)8-15(7-12)19-3/h6-10H,1-3H3. The van der Waals surface area contributed by atoms with Crippen molar-refractivity contribution in [1.29, 1.82) is 0 Å². The zero-order valence-corrected chi connectivity index (χ0v) is 11.1. The Hall–Kier alpha value is -2.54. The van der Waals surface area contributed by atoms with Crippen LogP contribution in [0.3, 0.4) is 0 Å². The summed E-state index contributed by atoms with van der Waals surface area (Å²) in [6.45, 7) is 1.84. The second kappa shape index (κ2) is 5.87. The molecule has 0 spiro atoms. The van der Waals surface area contributed by atoms with Crippen LogP contribution in [0.1, 0.15) is 17.0 Å². The zero-order valence-electron chi connectivity index (χ0n) is 11.1. The van der Waals surface area contributed by atoms with Crippen LogP contribution < -0.4 is 9.47 Å². The van der Waals surface area contributed by atoms with Gasteiger partial charge in [-0.15, -0.1) is 0 Å². The van der Waals surface area contributed by atoms with Crippen LogP contribution in [0.15, 0.2) is 30.6 Å². The summed E-state index contributed by atoms with van der Waals surface area (Å²) in [5, 5.41) is 0. The Bertz CT molecular complexity index is 603. The van der Waals surface area contributed by atoms with Crippen molar-refractivity contribution in [2.75, 3.05) is 14.2 Å². The maximum absolute atomic E-state index is 5.19. The van der Waals surface area contributed by atoms with Crippen LogP contribution in [0.25, 0.3) is 0 Å². The van der Waals surface area contributed by atoms with Crippen LogP contribution in [-0.2, 0) is 0 Å². The number of aryl methyl sites for hydroxylation is 1. The maximum atomic E-state index is 5.19. The lowest BCUT2D eigenvalue weighted by atomic mass is 10.2. The Kier molecular flexibility index (Phi) is 3.99. The van der Waals surface area contributed by atoms with Crippen LogP contribution in [0.2, 0.25) is 0 Å². The zero-order chi connectivity index (χ0) is 13.7. The van der Waals surface area contributed by atoms with Crippen LogP contribution in [-0.4, -0.2) is 24.2 Å². The first kappa shape index (κ1) is 12.9. The van der Waals surface area contributed by atoms with Gasteiger partial charge in [0, 0.05) is 24.0 Å². The normalized spacial score (nSPS) is 9.42. The van der Waals surface area contributed by atoms with Crippen molar-refractivity contribution in [3.8, 4) is 23.3 Å². The molecule has 1 aromatic heterocycles. The van der Waals surface area contributed by atoms with Gasteiger partial charge in [-0.2, -0.15) is 0 Å². The largest absolute Gasteiger partial charge is 0.497 e. The fraction of sp³-hybridized carbons (Fsp3) is 0.200. The predicted octanol–water partition coefficient (Wildman–Crippen LogP) is 2.20. The minimum atomic E-state index is 0.712. The molecule has 1 heterocycles. The lowest BCUT2D eigenvalue weighted by Crippen LogP contribution is -1.89. The van der Waals surface area contributed by atoms with Crippen molar-refractivity contribution < 1.29 is 9.47 Å². The second-order valence-electron chi connectivity index (χ2n) is 3.87. The third-order valence-corrected chi connectivity index (χ3v) is 2.48. The van der Waals surface area contributed by atoms with Gasteiger partial charge in [0.1, 0.15) is 17.3 Å². The molecule has 0 N–H and O–H groups in total. The summed E-state index contributed by atoms with van der Waals surface area (Å²) in [4.78, 5) is 8.19. The molecule has 0 saturated carbocycles. The van der Waals surface area contributed by atoms with Gasteiger partial charge in [0.05, 0.1) is 19.8 Å². The molecule has 4 heteroatoms. The van der Waals surface area contributed by atoms with E-state index in [1.165, 1.54) is 0 Å². The molecule has 0 bridgehead atoms. The number of rotatable bonds is 2. The third-order valence-electron chi connectivity index (χ3n) is 2.48. The third kappa shape index (κ3) is 3.46. The first-order chi connectivity index (χ1) is 9.21. The molecule has 2 aromatic rings. The highest BCUT2D eigenvalue weighted by atomic mass is 16.5. The molecular weight excluding hydrogens is 240 g/mol. The first-order valence-corrected chi connectivity index (χ1v) is 5.75. The van der Waals surface area contributed by atoms with E-state index in [9.17, 15) is 0 Å². The fourth-order valence-electron chi connectivity index (χ4n) is 1.48. The number of nitrogens with zero attached hydrogens (tertiary/aromatic N) is 2. The van der Waals surface area contributed by atoms with E-state index in [0.29, 0.717) is 11.5 Å². The summed E-state index contributed by atoms with van der Waals surface area (Å²) >= 11 is 0. The number of ether oxygens (including phenoxy) is 2. The lowest BCUT2D eigenvalue weighted by molar-refractivity contribution is 0.394. The number of aromatic nitrogens is 2. The SMILES string of the molecule is COc1cc(C#Cc2cnc(C)nc2)cc(OC)c1. The van der Waals surface area contributed by atoms with Gasteiger partial charge in [0.2, 0.25) is 0 Å². The quantitative estimate of drug-likeness (QED) is 0.771.